The molecule has 328 valence electrons. The lowest BCUT2D eigenvalue weighted by Crippen LogP contribution is -2.41. The van der Waals surface area contributed by atoms with E-state index in [-0.39, 0.29) is 0 Å². The SMILES string of the molecule is CCCCOCCCC1=CC2c3cc(CCCOCCCC)ccc3N(C3C=CC(C4C=CC(n5c6ccc(CCCC)cc6c6cc(CCCC)ccc65)=CC4)=CC3)C2C=C1. The molecule has 0 bridgehead atoms. The van der Waals surface area contributed by atoms with Gasteiger partial charge in [0.1, 0.15) is 0 Å². The Hall–Kier alpha value is -4.38. The fraction of sp³-hybridized carbons (Fsp3) is 0.483. The van der Waals surface area contributed by atoms with Crippen LogP contribution >= 0.6 is 0 Å². The number of hydrogen-bond donors (Lipinski definition) is 0. The first-order valence-corrected chi connectivity index (χ1v) is 24.9. The van der Waals surface area contributed by atoms with Crippen LogP contribution in [0.5, 0.6) is 0 Å². The summed E-state index contributed by atoms with van der Waals surface area (Å²) >= 11 is 0. The molecule has 4 aliphatic rings. The van der Waals surface area contributed by atoms with Gasteiger partial charge < -0.3 is 18.9 Å². The number of unbranched alkanes of at least 4 members (excludes halogenated alkanes) is 4. The van der Waals surface area contributed by atoms with Crippen LogP contribution < -0.4 is 4.90 Å². The number of aryl methyl sites for hydroxylation is 3. The third kappa shape index (κ3) is 10.2. The van der Waals surface area contributed by atoms with Crippen LogP contribution in [0.4, 0.5) is 5.69 Å². The predicted octanol–water partition coefficient (Wildman–Crippen LogP) is 15.0. The summed E-state index contributed by atoms with van der Waals surface area (Å²) in [4.78, 5) is 2.73. The highest BCUT2D eigenvalue weighted by Crippen LogP contribution is 2.48. The van der Waals surface area contributed by atoms with Crippen LogP contribution in [0, 0.1) is 5.92 Å². The van der Waals surface area contributed by atoms with Crippen molar-refractivity contribution >= 4 is 33.2 Å². The van der Waals surface area contributed by atoms with Crippen molar-refractivity contribution < 1.29 is 9.47 Å². The minimum Gasteiger partial charge on any atom is -0.381 e. The Morgan fingerprint density at radius 2 is 1.18 bits per heavy atom. The minimum absolute atomic E-state index is 0.331. The quantitative estimate of drug-likeness (QED) is 0.0697. The summed E-state index contributed by atoms with van der Waals surface area (Å²) in [5, 5.41) is 2.79. The molecule has 0 fully saturated rings. The van der Waals surface area contributed by atoms with Crippen molar-refractivity contribution in [3.05, 3.63) is 143 Å². The largest absolute Gasteiger partial charge is 0.381 e. The smallest absolute Gasteiger partial charge is 0.0586 e. The lowest BCUT2D eigenvalue weighted by atomic mass is 9.85. The van der Waals surface area contributed by atoms with Gasteiger partial charge in [0.15, 0.2) is 0 Å². The second-order valence-electron chi connectivity index (χ2n) is 18.5. The van der Waals surface area contributed by atoms with Crippen LogP contribution in [0.25, 0.3) is 27.5 Å². The highest BCUT2D eigenvalue weighted by molar-refractivity contribution is 6.11. The molecule has 0 saturated heterocycles. The molecule has 3 aliphatic carbocycles. The molecule has 4 atom stereocenters. The molecule has 4 heteroatoms. The zero-order valence-electron chi connectivity index (χ0n) is 38.6. The van der Waals surface area contributed by atoms with E-state index >= 15 is 0 Å². The first kappa shape index (κ1) is 44.2. The molecular formula is C58H74N2O2. The van der Waals surface area contributed by atoms with Crippen molar-refractivity contribution in [1.29, 1.82) is 0 Å². The fourth-order valence-electron chi connectivity index (χ4n) is 10.3. The maximum atomic E-state index is 5.93. The molecular weight excluding hydrogens is 757 g/mol. The Morgan fingerprint density at radius 1 is 0.565 bits per heavy atom. The summed E-state index contributed by atoms with van der Waals surface area (Å²) in [7, 11) is 0. The van der Waals surface area contributed by atoms with E-state index in [9.17, 15) is 0 Å². The van der Waals surface area contributed by atoms with Gasteiger partial charge in [-0.3, -0.25) is 0 Å². The standard InChI is InChI=1S/C58H74N2O2/c1-5-9-15-43-19-31-55-51(39-43)52-40-44(16-10-6-2)20-32-56(52)59(55)49-27-23-47(24-28-49)48-25-29-50(30-26-48)60-57-33-21-45(17-13-37-61-35-11-7-3)41-53(57)54-42-46(22-34-58(54)60)18-14-38-62-36-12-8-4/h19-23,25-29,31-34,39-42,47,50,53,57H,5-18,24,30,35-38H2,1-4H3. The lowest BCUT2D eigenvalue weighted by Gasteiger charge is -2.36. The van der Waals surface area contributed by atoms with Gasteiger partial charge in [-0.1, -0.05) is 132 Å². The van der Waals surface area contributed by atoms with Crippen molar-refractivity contribution in [2.75, 3.05) is 31.3 Å². The Morgan fingerprint density at radius 3 is 1.79 bits per heavy atom. The molecule has 62 heavy (non-hydrogen) atoms. The lowest BCUT2D eigenvalue weighted by molar-refractivity contribution is 0.129. The Balaban J connectivity index is 0.975. The number of hydrogen-bond acceptors (Lipinski definition) is 3. The number of anilines is 1. The topological polar surface area (TPSA) is 26.6 Å². The molecule has 0 saturated carbocycles. The van der Waals surface area contributed by atoms with Gasteiger partial charge in [0.05, 0.1) is 23.1 Å². The average molecular weight is 831 g/mol. The molecule has 4 unspecified atom stereocenters. The summed E-state index contributed by atoms with van der Waals surface area (Å²) < 4.78 is 14.4. The molecule has 3 aromatic carbocycles. The van der Waals surface area contributed by atoms with Crippen LogP contribution in [0.1, 0.15) is 139 Å². The highest BCUT2D eigenvalue weighted by Gasteiger charge is 2.40. The molecule has 1 aromatic heterocycles. The first-order chi connectivity index (χ1) is 30.6. The van der Waals surface area contributed by atoms with Crippen LogP contribution in [0.15, 0.2) is 120 Å². The first-order valence-electron chi connectivity index (χ1n) is 24.9. The van der Waals surface area contributed by atoms with E-state index in [4.69, 9.17) is 9.47 Å². The van der Waals surface area contributed by atoms with E-state index < -0.39 is 0 Å². The molecule has 0 amide bonds. The maximum absolute atomic E-state index is 5.93. The van der Waals surface area contributed by atoms with Gasteiger partial charge in [-0.05, 0) is 141 Å². The number of aromatic nitrogens is 1. The summed E-state index contributed by atoms with van der Waals surface area (Å²) in [5.41, 5.74) is 14.1. The van der Waals surface area contributed by atoms with Crippen LogP contribution in [-0.4, -0.2) is 43.1 Å². The summed E-state index contributed by atoms with van der Waals surface area (Å²) in [6, 6.07) is 22.5. The average Bonchev–Trinajstić information content (AvgIpc) is 3.81. The van der Waals surface area contributed by atoms with Crippen LogP contribution in [-0.2, 0) is 28.7 Å². The molecule has 8 rings (SSSR count). The third-order valence-corrected chi connectivity index (χ3v) is 13.9. The van der Waals surface area contributed by atoms with Gasteiger partial charge in [-0.2, -0.15) is 0 Å². The number of benzene rings is 3. The zero-order chi connectivity index (χ0) is 42.7. The number of ether oxygens (including phenoxy) is 2. The maximum Gasteiger partial charge on any atom is 0.0586 e. The van der Waals surface area contributed by atoms with Gasteiger partial charge in [0.2, 0.25) is 0 Å². The van der Waals surface area contributed by atoms with E-state index in [0.29, 0.717) is 23.9 Å². The summed E-state index contributed by atoms with van der Waals surface area (Å²) in [6.45, 7) is 12.5. The van der Waals surface area contributed by atoms with E-state index in [2.05, 4.69) is 146 Å². The Kier molecular flexibility index (Phi) is 15.6. The highest BCUT2D eigenvalue weighted by atomic mass is 16.5. The van der Waals surface area contributed by atoms with Crippen molar-refractivity contribution in [3.63, 3.8) is 0 Å². The monoisotopic (exact) mass is 831 g/mol. The van der Waals surface area contributed by atoms with E-state index in [0.717, 1.165) is 90.6 Å². The van der Waals surface area contributed by atoms with Crippen molar-refractivity contribution in [3.8, 4) is 0 Å². The zero-order valence-corrected chi connectivity index (χ0v) is 38.6. The van der Waals surface area contributed by atoms with Crippen LogP contribution in [0.2, 0.25) is 0 Å². The number of rotatable bonds is 23. The number of allylic oxidation sites excluding steroid dienone is 8. The Labute approximate surface area is 374 Å². The van der Waals surface area contributed by atoms with Crippen molar-refractivity contribution in [2.24, 2.45) is 5.92 Å². The van der Waals surface area contributed by atoms with Gasteiger partial charge in [-0.25, -0.2) is 0 Å². The number of fused-ring (bicyclic) bond motifs is 6. The van der Waals surface area contributed by atoms with Gasteiger partial charge in [-0.15, -0.1) is 0 Å². The summed E-state index contributed by atoms with van der Waals surface area (Å²) in [6.07, 6.45) is 40.6. The van der Waals surface area contributed by atoms with E-state index in [1.165, 1.54) is 105 Å². The molecule has 0 radical (unpaired) electrons. The molecule has 0 spiro atoms. The molecule has 1 aliphatic heterocycles. The second kappa shape index (κ2) is 21.8. The van der Waals surface area contributed by atoms with Crippen molar-refractivity contribution in [2.45, 2.75) is 148 Å². The fourth-order valence-corrected chi connectivity index (χ4v) is 10.3. The molecule has 2 heterocycles. The van der Waals surface area contributed by atoms with Gasteiger partial charge in [0.25, 0.3) is 0 Å². The van der Waals surface area contributed by atoms with E-state index in [1.54, 1.807) is 0 Å². The summed E-state index contributed by atoms with van der Waals surface area (Å²) in [5.74, 6) is 0.769. The van der Waals surface area contributed by atoms with Gasteiger partial charge in [0, 0.05) is 60.4 Å². The Bertz CT molecular complexity index is 2250. The minimum atomic E-state index is 0.331. The molecule has 4 nitrogen and oxygen atoms in total. The predicted molar refractivity (Wildman–Crippen MR) is 265 cm³/mol. The molecule has 4 aromatic rings. The van der Waals surface area contributed by atoms with E-state index in [1.807, 2.05) is 0 Å². The third-order valence-electron chi connectivity index (χ3n) is 13.9. The molecule has 0 N–H and O–H groups in total. The van der Waals surface area contributed by atoms with Crippen molar-refractivity contribution in [1.82, 2.24) is 4.57 Å². The van der Waals surface area contributed by atoms with Gasteiger partial charge >= 0.3 is 0 Å². The van der Waals surface area contributed by atoms with Crippen LogP contribution in [0.3, 0.4) is 0 Å². The number of nitrogens with zero attached hydrogens (tertiary/aromatic N) is 2. The normalized spacial score (nSPS) is 20.5. The second-order valence-corrected chi connectivity index (χ2v) is 18.5.